The number of esters is 1. The summed E-state index contributed by atoms with van der Waals surface area (Å²) >= 11 is 0. The van der Waals surface area contributed by atoms with Crippen LogP contribution in [-0.2, 0) is 19.4 Å². The predicted octanol–water partition coefficient (Wildman–Crippen LogP) is 1.95. The molecule has 4 bridgehead atoms. The Morgan fingerprint density at radius 2 is 1.92 bits per heavy atom. The third-order valence-electron chi connectivity index (χ3n) is 8.12. The molecule has 0 saturated heterocycles. The Bertz CT molecular complexity index is 724. The summed E-state index contributed by atoms with van der Waals surface area (Å²) in [6, 6.07) is 0. The molecule has 25 heavy (non-hydrogen) atoms. The quantitative estimate of drug-likeness (QED) is 0.606. The zero-order chi connectivity index (χ0) is 18.2. The molecule has 6 heteroatoms. The number of aliphatic hydroxyl groups is 1. The molecular formula is C19H28O5S. The number of sulfone groups is 1. The average Bonchev–Trinajstić information content (AvgIpc) is 3.25. The number of methoxy groups -OCH3 is 1. The van der Waals surface area contributed by atoms with Gasteiger partial charge in [0, 0.05) is 5.41 Å². The van der Waals surface area contributed by atoms with Crippen molar-refractivity contribution in [2.45, 2.75) is 50.9 Å². The second kappa shape index (κ2) is 5.32. The summed E-state index contributed by atoms with van der Waals surface area (Å²) in [7, 11) is -2.21. The maximum Gasteiger partial charge on any atom is 0.310 e. The number of hydrogen-bond donors (Lipinski definition) is 1. The molecule has 4 aliphatic carbocycles. The summed E-state index contributed by atoms with van der Waals surface area (Å²) in [5.74, 6) is -0.783. The monoisotopic (exact) mass is 368 g/mol. The number of rotatable bonds is 4. The van der Waals surface area contributed by atoms with Crippen LogP contribution in [-0.4, -0.2) is 43.7 Å². The van der Waals surface area contributed by atoms with E-state index in [0.717, 1.165) is 12.8 Å². The second-order valence-corrected chi connectivity index (χ2v) is 11.3. The first-order valence-electron chi connectivity index (χ1n) is 9.30. The minimum atomic E-state index is -3.54. The van der Waals surface area contributed by atoms with Gasteiger partial charge in [-0.1, -0.05) is 26.0 Å². The van der Waals surface area contributed by atoms with Gasteiger partial charge in [0.2, 0.25) is 0 Å². The van der Waals surface area contributed by atoms with Crippen molar-refractivity contribution in [2.24, 2.45) is 34.5 Å². The van der Waals surface area contributed by atoms with Crippen LogP contribution in [0.15, 0.2) is 12.2 Å². The normalized spacial score (nSPS) is 46.7. The van der Waals surface area contributed by atoms with Gasteiger partial charge in [-0.3, -0.25) is 4.79 Å². The van der Waals surface area contributed by atoms with E-state index in [2.05, 4.69) is 13.8 Å². The van der Waals surface area contributed by atoms with E-state index in [1.807, 2.05) is 12.2 Å². The van der Waals surface area contributed by atoms with Gasteiger partial charge in [-0.25, -0.2) is 8.42 Å². The van der Waals surface area contributed by atoms with E-state index >= 15 is 0 Å². The smallest absolute Gasteiger partial charge is 0.310 e. The van der Waals surface area contributed by atoms with E-state index in [0.29, 0.717) is 18.8 Å². The summed E-state index contributed by atoms with van der Waals surface area (Å²) < 4.78 is 31.9. The fourth-order valence-electron chi connectivity index (χ4n) is 6.55. The van der Waals surface area contributed by atoms with E-state index < -0.39 is 38.5 Å². The average molecular weight is 368 g/mol. The first-order chi connectivity index (χ1) is 11.6. The van der Waals surface area contributed by atoms with Gasteiger partial charge < -0.3 is 9.84 Å². The zero-order valence-electron chi connectivity index (χ0n) is 15.1. The molecule has 0 aromatic rings. The Balaban J connectivity index is 1.68. The van der Waals surface area contributed by atoms with Crippen LogP contribution >= 0.6 is 0 Å². The topological polar surface area (TPSA) is 80.7 Å². The van der Waals surface area contributed by atoms with Crippen LogP contribution in [0.3, 0.4) is 0 Å². The molecule has 140 valence electrons. The first kappa shape index (κ1) is 17.5. The van der Waals surface area contributed by atoms with Crippen LogP contribution in [0.1, 0.15) is 39.5 Å². The largest absolute Gasteiger partial charge is 0.469 e. The number of ether oxygens (including phenoxy) is 1. The van der Waals surface area contributed by atoms with Crippen LogP contribution in [0.4, 0.5) is 0 Å². The standard InChI is InChI=1S/C19H28O5S/c1-18(2)13-6-7-19(18,14(20)9-13)10-25(22,23)16-12-5-4-11(8-12)15(16)17(21)24-3/h4-5,11-16,20H,6-10H2,1-3H3/t11-,12+,13+,14+,15-,16+,19+/m0/s1. The highest BCUT2D eigenvalue weighted by Crippen LogP contribution is 2.66. The molecule has 0 aliphatic heterocycles. The van der Waals surface area contributed by atoms with Crippen LogP contribution in [0.5, 0.6) is 0 Å². The lowest BCUT2D eigenvalue weighted by molar-refractivity contribution is -0.146. The van der Waals surface area contributed by atoms with Gasteiger partial charge in [0.25, 0.3) is 0 Å². The van der Waals surface area contributed by atoms with Gasteiger partial charge in [0.1, 0.15) is 0 Å². The molecule has 0 spiro atoms. The Morgan fingerprint density at radius 1 is 1.24 bits per heavy atom. The van der Waals surface area contributed by atoms with E-state index in [4.69, 9.17) is 4.74 Å². The van der Waals surface area contributed by atoms with Gasteiger partial charge in [0.05, 0.1) is 30.1 Å². The molecule has 0 unspecified atom stereocenters. The van der Waals surface area contributed by atoms with Gasteiger partial charge in [-0.15, -0.1) is 0 Å². The number of hydrogen-bond acceptors (Lipinski definition) is 5. The molecule has 4 aliphatic rings. The lowest BCUT2D eigenvalue weighted by atomic mass is 9.70. The third-order valence-corrected chi connectivity index (χ3v) is 10.5. The van der Waals surface area contributed by atoms with E-state index in [1.165, 1.54) is 7.11 Å². The molecule has 4 rings (SSSR count). The van der Waals surface area contributed by atoms with E-state index in [9.17, 15) is 18.3 Å². The molecule has 0 aromatic carbocycles. The lowest BCUT2D eigenvalue weighted by Gasteiger charge is -2.41. The molecule has 0 radical (unpaired) electrons. The molecule has 3 saturated carbocycles. The van der Waals surface area contributed by atoms with Gasteiger partial charge in [-0.05, 0) is 48.9 Å². The Hall–Kier alpha value is -0.880. The van der Waals surface area contributed by atoms with E-state index in [1.54, 1.807) is 0 Å². The Labute approximate surface area is 149 Å². The summed E-state index contributed by atoms with van der Waals surface area (Å²) in [4.78, 5) is 12.3. The number of fused-ring (bicyclic) bond motifs is 4. The molecule has 0 aromatic heterocycles. The van der Waals surface area contributed by atoms with Crippen molar-refractivity contribution in [3.8, 4) is 0 Å². The van der Waals surface area contributed by atoms with Crippen LogP contribution in [0, 0.1) is 34.5 Å². The maximum absolute atomic E-state index is 13.5. The van der Waals surface area contributed by atoms with Crippen molar-refractivity contribution < 1.29 is 23.1 Å². The summed E-state index contributed by atoms with van der Waals surface area (Å²) in [5.41, 5.74) is -0.767. The van der Waals surface area contributed by atoms with Crippen molar-refractivity contribution in [3.05, 3.63) is 12.2 Å². The highest BCUT2D eigenvalue weighted by molar-refractivity contribution is 7.92. The molecule has 7 atom stereocenters. The molecule has 3 fully saturated rings. The van der Waals surface area contributed by atoms with Crippen molar-refractivity contribution in [2.75, 3.05) is 12.9 Å². The lowest BCUT2D eigenvalue weighted by Crippen LogP contribution is -2.49. The molecule has 0 amide bonds. The molecule has 1 N–H and O–H groups in total. The summed E-state index contributed by atoms with van der Waals surface area (Å²) in [6.07, 6.45) is 6.50. The molecule has 5 nitrogen and oxygen atoms in total. The Kier molecular flexibility index (Phi) is 3.73. The van der Waals surface area contributed by atoms with Crippen LogP contribution in [0.2, 0.25) is 0 Å². The van der Waals surface area contributed by atoms with Gasteiger partial charge in [0.15, 0.2) is 9.84 Å². The number of allylic oxidation sites excluding steroid dienone is 2. The SMILES string of the molecule is COC(=O)[C@@H]1[C@H](S(=O)(=O)C[C@]23CC[C@H](C[C@H]2O)C3(C)C)[C@@H]2C=C[C@H]1C2. The molecular weight excluding hydrogens is 340 g/mol. The zero-order valence-corrected chi connectivity index (χ0v) is 16.0. The minimum absolute atomic E-state index is 0.0140. The minimum Gasteiger partial charge on any atom is -0.469 e. The number of aliphatic hydroxyl groups excluding tert-OH is 1. The Morgan fingerprint density at radius 3 is 2.48 bits per heavy atom. The van der Waals surface area contributed by atoms with Crippen molar-refractivity contribution in [1.82, 2.24) is 0 Å². The number of carbonyl (C=O) groups excluding carboxylic acids is 1. The summed E-state index contributed by atoms with van der Waals surface area (Å²) in [6.45, 7) is 4.21. The van der Waals surface area contributed by atoms with Gasteiger partial charge in [-0.2, -0.15) is 0 Å². The van der Waals surface area contributed by atoms with Crippen molar-refractivity contribution >= 4 is 15.8 Å². The predicted molar refractivity (Wildman–Crippen MR) is 93.4 cm³/mol. The van der Waals surface area contributed by atoms with Crippen molar-refractivity contribution in [1.29, 1.82) is 0 Å². The molecule has 0 heterocycles. The van der Waals surface area contributed by atoms with E-state index in [-0.39, 0.29) is 23.0 Å². The first-order valence-corrected chi connectivity index (χ1v) is 11.0. The maximum atomic E-state index is 13.5. The summed E-state index contributed by atoms with van der Waals surface area (Å²) in [5, 5.41) is 9.99. The van der Waals surface area contributed by atoms with Gasteiger partial charge >= 0.3 is 5.97 Å². The van der Waals surface area contributed by atoms with Crippen LogP contribution in [0.25, 0.3) is 0 Å². The fraction of sp³-hybridized carbons (Fsp3) is 0.842. The van der Waals surface area contributed by atoms with Crippen molar-refractivity contribution in [3.63, 3.8) is 0 Å². The fourth-order valence-corrected chi connectivity index (χ4v) is 9.66. The number of carbonyl (C=O) groups is 1. The second-order valence-electron chi connectivity index (χ2n) is 9.13. The highest BCUT2D eigenvalue weighted by atomic mass is 32.2. The third kappa shape index (κ3) is 2.16. The van der Waals surface area contributed by atoms with Crippen LogP contribution < -0.4 is 0 Å². The highest BCUT2D eigenvalue weighted by Gasteiger charge is 2.66.